The quantitative estimate of drug-likeness (QED) is 0.679. The molecule has 0 aromatic carbocycles. The Morgan fingerprint density at radius 2 is 0.955 bits per heavy atom. The van der Waals surface area contributed by atoms with Gasteiger partial charge in [-0.25, -0.2) is 0 Å². The van der Waals surface area contributed by atoms with Crippen molar-refractivity contribution >= 4 is 35.3 Å². The zero-order valence-electron chi connectivity index (χ0n) is 14.7. The van der Waals surface area contributed by atoms with Crippen LogP contribution in [0.1, 0.15) is 55.4 Å². The monoisotopic (exact) mass is 342 g/mol. The van der Waals surface area contributed by atoms with Gasteiger partial charge in [0.15, 0.2) is 0 Å². The van der Waals surface area contributed by atoms with Crippen LogP contribution >= 0.6 is 23.5 Å². The lowest BCUT2D eigenvalue weighted by Crippen LogP contribution is -2.71. The van der Waals surface area contributed by atoms with Crippen molar-refractivity contribution in [3.8, 4) is 0 Å². The number of piperazine rings is 1. The first-order chi connectivity index (χ1) is 9.72. The first-order valence-corrected chi connectivity index (χ1v) is 9.42. The SMILES string of the molecule is CC1(C)SC(C)(C)N2C(=O)[C@H]3N(C(=O)[C@@H]21)C(C)(C)SC3(C)C. The summed E-state index contributed by atoms with van der Waals surface area (Å²) >= 11 is 3.46. The van der Waals surface area contributed by atoms with Gasteiger partial charge in [-0.2, -0.15) is 0 Å². The van der Waals surface area contributed by atoms with Crippen LogP contribution in [0.25, 0.3) is 0 Å². The summed E-state index contributed by atoms with van der Waals surface area (Å²) in [6.45, 7) is 16.5. The van der Waals surface area contributed by atoms with E-state index in [-0.39, 0.29) is 43.1 Å². The summed E-state index contributed by atoms with van der Waals surface area (Å²) in [5.41, 5.74) is 0. The Kier molecular flexibility index (Phi) is 3.13. The summed E-state index contributed by atoms with van der Waals surface area (Å²) in [5, 5.41) is 0. The highest BCUT2D eigenvalue weighted by Gasteiger charge is 2.69. The second kappa shape index (κ2) is 4.18. The van der Waals surface area contributed by atoms with Gasteiger partial charge < -0.3 is 9.80 Å². The van der Waals surface area contributed by atoms with Crippen molar-refractivity contribution in [1.82, 2.24) is 9.80 Å². The number of nitrogens with zero attached hydrogens (tertiary/aromatic N) is 2. The van der Waals surface area contributed by atoms with Gasteiger partial charge in [0.25, 0.3) is 0 Å². The van der Waals surface area contributed by atoms with E-state index in [2.05, 4.69) is 55.4 Å². The number of fused-ring (bicyclic) bond motifs is 2. The highest BCUT2D eigenvalue weighted by molar-refractivity contribution is 8.02. The highest BCUT2D eigenvalue weighted by atomic mass is 32.2. The van der Waals surface area contributed by atoms with Gasteiger partial charge in [0.05, 0.1) is 9.74 Å². The first-order valence-electron chi connectivity index (χ1n) is 7.79. The third-order valence-electron chi connectivity index (χ3n) is 4.96. The van der Waals surface area contributed by atoms with E-state index in [1.54, 1.807) is 23.5 Å². The summed E-state index contributed by atoms with van der Waals surface area (Å²) < 4.78 is -0.538. The van der Waals surface area contributed by atoms with Crippen LogP contribution in [-0.2, 0) is 9.59 Å². The number of rotatable bonds is 0. The van der Waals surface area contributed by atoms with Crippen molar-refractivity contribution in [3.05, 3.63) is 0 Å². The number of carbonyl (C=O) groups excluding carboxylic acids is 2. The van der Waals surface area contributed by atoms with Crippen LogP contribution < -0.4 is 0 Å². The molecule has 3 aliphatic rings. The van der Waals surface area contributed by atoms with E-state index in [0.29, 0.717) is 0 Å². The van der Waals surface area contributed by atoms with Gasteiger partial charge in [-0.1, -0.05) is 0 Å². The summed E-state index contributed by atoms with van der Waals surface area (Å²) in [7, 11) is 0. The molecule has 6 heteroatoms. The summed E-state index contributed by atoms with van der Waals surface area (Å²) in [6.07, 6.45) is 0. The van der Waals surface area contributed by atoms with Gasteiger partial charge in [-0.05, 0) is 55.4 Å². The minimum absolute atomic E-state index is 0.107. The minimum Gasteiger partial charge on any atom is -0.313 e. The zero-order valence-corrected chi connectivity index (χ0v) is 16.3. The number of hydrogen-bond acceptors (Lipinski definition) is 4. The molecule has 124 valence electrons. The maximum absolute atomic E-state index is 13.3. The Morgan fingerprint density at radius 1 is 0.682 bits per heavy atom. The van der Waals surface area contributed by atoms with Gasteiger partial charge in [0.1, 0.15) is 12.1 Å². The lowest BCUT2D eigenvalue weighted by atomic mass is 9.88. The average Bonchev–Trinajstić information content (AvgIpc) is 2.57. The fourth-order valence-corrected chi connectivity index (χ4v) is 8.40. The van der Waals surface area contributed by atoms with E-state index >= 15 is 0 Å². The van der Waals surface area contributed by atoms with Crippen molar-refractivity contribution in [1.29, 1.82) is 0 Å². The molecule has 4 nitrogen and oxygen atoms in total. The molecule has 0 aromatic rings. The van der Waals surface area contributed by atoms with Gasteiger partial charge in [0, 0.05) is 9.49 Å². The molecule has 2 amide bonds. The lowest BCUT2D eigenvalue weighted by molar-refractivity contribution is -0.167. The topological polar surface area (TPSA) is 40.6 Å². The molecule has 3 fully saturated rings. The normalized spacial score (nSPS) is 37.3. The van der Waals surface area contributed by atoms with E-state index in [4.69, 9.17) is 0 Å². The minimum atomic E-state index is -0.370. The number of hydrogen-bond donors (Lipinski definition) is 0. The third-order valence-corrected chi connectivity index (χ3v) is 7.85. The molecular weight excluding hydrogens is 316 g/mol. The molecule has 0 N–H and O–H groups in total. The van der Waals surface area contributed by atoms with Crippen LogP contribution in [0.3, 0.4) is 0 Å². The molecule has 0 saturated carbocycles. The molecule has 3 saturated heterocycles. The molecule has 3 aliphatic heterocycles. The van der Waals surface area contributed by atoms with Crippen LogP contribution in [0, 0.1) is 0 Å². The third kappa shape index (κ3) is 1.92. The molecule has 0 radical (unpaired) electrons. The van der Waals surface area contributed by atoms with Crippen LogP contribution in [0.15, 0.2) is 0 Å². The largest absolute Gasteiger partial charge is 0.313 e. The van der Waals surface area contributed by atoms with Crippen LogP contribution in [0.4, 0.5) is 0 Å². The standard InChI is InChI=1S/C16H26N2O2S2/c1-13(2)9-11(19)18-10(14(3,4)22-16(18,7)8)12(20)17(9)15(5,6)21-13/h9-10H,1-8H3/t9-,10-/m1/s1. The van der Waals surface area contributed by atoms with E-state index in [1.165, 1.54) is 0 Å². The Bertz CT molecular complexity index is 474. The summed E-state index contributed by atoms with van der Waals surface area (Å²) in [4.78, 5) is 29.7. The van der Waals surface area contributed by atoms with E-state index < -0.39 is 0 Å². The smallest absolute Gasteiger partial charge is 0.248 e. The van der Waals surface area contributed by atoms with E-state index in [0.717, 1.165) is 0 Å². The zero-order chi connectivity index (χ0) is 16.9. The molecule has 22 heavy (non-hydrogen) atoms. The molecule has 0 aliphatic carbocycles. The Morgan fingerprint density at radius 3 is 1.23 bits per heavy atom. The van der Waals surface area contributed by atoms with Gasteiger partial charge in [0.2, 0.25) is 11.8 Å². The van der Waals surface area contributed by atoms with E-state index in [9.17, 15) is 9.59 Å². The highest BCUT2D eigenvalue weighted by Crippen LogP contribution is 2.59. The molecule has 0 unspecified atom stereocenters. The average molecular weight is 343 g/mol. The summed E-state index contributed by atoms with van der Waals surface area (Å²) in [5.74, 6) is 0.214. The van der Waals surface area contributed by atoms with Gasteiger partial charge in [-0.3, -0.25) is 9.59 Å². The molecule has 2 atom stereocenters. The van der Waals surface area contributed by atoms with Crippen molar-refractivity contribution < 1.29 is 9.59 Å². The lowest BCUT2D eigenvalue weighted by Gasteiger charge is -2.49. The van der Waals surface area contributed by atoms with Crippen molar-refractivity contribution in [2.45, 2.75) is 86.7 Å². The molecule has 0 bridgehead atoms. The fourth-order valence-electron chi connectivity index (χ4n) is 4.61. The number of carbonyl (C=O) groups is 2. The Hall–Kier alpha value is -0.360. The summed E-state index contributed by atoms with van der Waals surface area (Å²) in [6, 6.07) is -0.741. The second-order valence-corrected chi connectivity index (χ2v) is 13.0. The van der Waals surface area contributed by atoms with Gasteiger partial charge in [-0.15, -0.1) is 23.5 Å². The maximum atomic E-state index is 13.3. The van der Waals surface area contributed by atoms with Gasteiger partial charge >= 0.3 is 0 Å². The van der Waals surface area contributed by atoms with Crippen LogP contribution in [0.2, 0.25) is 0 Å². The molecule has 3 rings (SSSR count). The molecular formula is C16H26N2O2S2. The predicted octanol–water partition coefficient (Wildman–Crippen LogP) is 2.92. The van der Waals surface area contributed by atoms with Crippen LogP contribution in [-0.4, -0.2) is 52.9 Å². The first kappa shape index (κ1) is 16.5. The molecule has 3 heterocycles. The Balaban J connectivity index is 2.17. The number of amides is 2. The van der Waals surface area contributed by atoms with Crippen molar-refractivity contribution in [3.63, 3.8) is 0 Å². The predicted molar refractivity (Wildman–Crippen MR) is 92.8 cm³/mol. The maximum Gasteiger partial charge on any atom is 0.248 e. The number of thioether (sulfide) groups is 2. The molecule has 0 aromatic heterocycles. The molecule has 0 spiro atoms. The fraction of sp³-hybridized carbons (Fsp3) is 0.875. The van der Waals surface area contributed by atoms with Crippen molar-refractivity contribution in [2.75, 3.05) is 0 Å². The Labute approximate surface area is 141 Å². The second-order valence-electron chi connectivity index (χ2n) is 8.53. The van der Waals surface area contributed by atoms with Crippen LogP contribution in [0.5, 0.6) is 0 Å². The van der Waals surface area contributed by atoms with E-state index in [1.807, 2.05) is 9.80 Å². The van der Waals surface area contributed by atoms with Crippen molar-refractivity contribution in [2.24, 2.45) is 0 Å².